The summed E-state index contributed by atoms with van der Waals surface area (Å²) >= 11 is 5.72. The highest BCUT2D eigenvalue weighted by atomic mass is 35.5. The lowest BCUT2D eigenvalue weighted by atomic mass is 10.0. The van der Waals surface area contributed by atoms with Crippen LogP contribution in [0.25, 0.3) is 0 Å². The molecular formula is C12H13ClN2O4S. The van der Waals surface area contributed by atoms with Gasteiger partial charge in [-0.15, -0.1) is 0 Å². The zero-order valence-corrected chi connectivity index (χ0v) is 12.5. The fourth-order valence-electron chi connectivity index (χ4n) is 1.88. The maximum absolute atomic E-state index is 12.6. The van der Waals surface area contributed by atoms with Crippen molar-refractivity contribution in [2.75, 3.05) is 6.54 Å². The number of hydrogen-bond donors (Lipinski definition) is 1. The van der Waals surface area contributed by atoms with Crippen molar-refractivity contribution in [1.29, 1.82) is 0 Å². The van der Waals surface area contributed by atoms with E-state index in [-0.39, 0.29) is 4.90 Å². The number of halogens is 1. The lowest BCUT2D eigenvalue weighted by Crippen LogP contribution is -2.65. The second-order valence-corrected chi connectivity index (χ2v) is 7.20. The van der Waals surface area contributed by atoms with Gasteiger partial charge in [0.15, 0.2) is 0 Å². The predicted octanol–water partition coefficient (Wildman–Crippen LogP) is 0.766. The maximum Gasteiger partial charge on any atom is 0.247 e. The summed E-state index contributed by atoms with van der Waals surface area (Å²) in [6.07, 6.45) is 0. The van der Waals surface area contributed by atoms with Gasteiger partial charge in [-0.3, -0.25) is 14.9 Å². The second kappa shape index (κ2) is 4.83. The van der Waals surface area contributed by atoms with E-state index in [9.17, 15) is 18.0 Å². The minimum absolute atomic E-state index is 0.0162. The third kappa shape index (κ3) is 2.44. The highest BCUT2D eigenvalue weighted by Gasteiger charge is 2.47. The molecule has 8 heteroatoms. The molecule has 0 aromatic heterocycles. The zero-order valence-electron chi connectivity index (χ0n) is 10.9. The van der Waals surface area contributed by atoms with Crippen LogP contribution in [-0.2, 0) is 19.6 Å². The molecular weight excluding hydrogens is 304 g/mol. The number of hydrogen-bond acceptors (Lipinski definition) is 4. The monoisotopic (exact) mass is 316 g/mol. The van der Waals surface area contributed by atoms with Crippen LogP contribution in [0.1, 0.15) is 13.8 Å². The maximum atomic E-state index is 12.6. The van der Waals surface area contributed by atoms with Crippen LogP contribution >= 0.6 is 11.6 Å². The number of piperazine rings is 1. The fourth-order valence-corrected chi connectivity index (χ4v) is 3.71. The Labute approximate surface area is 121 Å². The van der Waals surface area contributed by atoms with Crippen LogP contribution in [0.5, 0.6) is 0 Å². The van der Waals surface area contributed by atoms with Crippen LogP contribution < -0.4 is 5.32 Å². The molecule has 20 heavy (non-hydrogen) atoms. The lowest BCUT2D eigenvalue weighted by molar-refractivity contribution is -0.141. The molecule has 0 bridgehead atoms. The molecule has 1 fully saturated rings. The zero-order chi connectivity index (χ0) is 15.1. The summed E-state index contributed by atoms with van der Waals surface area (Å²) in [6.45, 7) is 2.49. The number of benzene rings is 1. The van der Waals surface area contributed by atoms with Gasteiger partial charge in [0.05, 0.1) is 11.4 Å². The molecule has 1 N–H and O–H groups in total. The Bertz CT molecular complexity index is 667. The van der Waals surface area contributed by atoms with Gasteiger partial charge in [0.25, 0.3) is 0 Å². The van der Waals surface area contributed by atoms with Crippen molar-refractivity contribution in [3.63, 3.8) is 0 Å². The number of carbonyl (C=O) groups is 2. The molecule has 6 nitrogen and oxygen atoms in total. The molecule has 1 heterocycles. The molecule has 0 aliphatic carbocycles. The molecule has 108 valence electrons. The SMILES string of the molecule is CC1(C)C(=O)NC(=O)CN1S(=O)(=O)c1ccc(Cl)cc1. The molecule has 1 aromatic rings. The van der Waals surface area contributed by atoms with Gasteiger partial charge in [-0.25, -0.2) is 8.42 Å². The fraction of sp³-hybridized carbons (Fsp3) is 0.333. The van der Waals surface area contributed by atoms with E-state index in [4.69, 9.17) is 11.6 Å². The van der Waals surface area contributed by atoms with Crippen LogP contribution in [0.4, 0.5) is 0 Å². The number of rotatable bonds is 2. The van der Waals surface area contributed by atoms with Crippen LogP contribution in [0, 0.1) is 0 Å². The van der Waals surface area contributed by atoms with Crippen molar-refractivity contribution in [2.24, 2.45) is 0 Å². The Morgan fingerprint density at radius 2 is 1.75 bits per heavy atom. The second-order valence-electron chi connectivity index (χ2n) is 4.90. The minimum Gasteiger partial charge on any atom is -0.294 e. The molecule has 1 saturated heterocycles. The normalized spacial score (nSPS) is 19.8. The van der Waals surface area contributed by atoms with E-state index in [2.05, 4.69) is 5.32 Å². The number of sulfonamides is 1. The first-order valence-corrected chi connectivity index (χ1v) is 7.60. The highest BCUT2D eigenvalue weighted by Crippen LogP contribution is 2.27. The van der Waals surface area contributed by atoms with Gasteiger partial charge < -0.3 is 0 Å². The van der Waals surface area contributed by atoms with E-state index < -0.39 is 33.9 Å². The topological polar surface area (TPSA) is 83.6 Å². The molecule has 0 unspecified atom stereocenters. The summed E-state index contributed by atoms with van der Waals surface area (Å²) in [4.78, 5) is 23.2. The van der Waals surface area contributed by atoms with Gasteiger partial charge in [-0.2, -0.15) is 4.31 Å². The van der Waals surface area contributed by atoms with Gasteiger partial charge >= 0.3 is 0 Å². The Hall–Kier alpha value is -1.44. The number of nitrogens with zero attached hydrogens (tertiary/aromatic N) is 1. The van der Waals surface area contributed by atoms with Crippen molar-refractivity contribution in [1.82, 2.24) is 9.62 Å². The van der Waals surface area contributed by atoms with Crippen molar-refractivity contribution >= 4 is 33.4 Å². The Morgan fingerprint density at radius 3 is 2.30 bits per heavy atom. The minimum atomic E-state index is -3.96. The lowest BCUT2D eigenvalue weighted by Gasteiger charge is -2.38. The van der Waals surface area contributed by atoms with E-state index >= 15 is 0 Å². The van der Waals surface area contributed by atoms with E-state index in [1.54, 1.807) is 0 Å². The van der Waals surface area contributed by atoms with E-state index in [1.165, 1.54) is 38.1 Å². The van der Waals surface area contributed by atoms with E-state index in [1.807, 2.05) is 0 Å². The van der Waals surface area contributed by atoms with E-state index in [0.717, 1.165) is 4.31 Å². The van der Waals surface area contributed by atoms with E-state index in [0.29, 0.717) is 5.02 Å². The van der Waals surface area contributed by atoms with Gasteiger partial charge in [0.2, 0.25) is 21.8 Å². The summed E-state index contributed by atoms with van der Waals surface area (Å²) in [5.41, 5.74) is -1.34. The van der Waals surface area contributed by atoms with Gasteiger partial charge in [-0.05, 0) is 38.1 Å². The summed E-state index contributed by atoms with van der Waals surface area (Å²) in [5, 5.41) is 2.53. The molecule has 0 radical (unpaired) electrons. The van der Waals surface area contributed by atoms with Crippen molar-refractivity contribution in [3.8, 4) is 0 Å². The molecule has 2 amide bonds. The molecule has 1 aliphatic rings. The van der Waals surface area contributed by atoms with Crippen molar-refractivity contribution in [3.05, 3.63) is 29.3 Å². The van der Waals surface area contributed by atoms with Gasteiger partial charge in [0, 0.05) is 5.02 Å². The highest BCUT2D eigenvalue weighted by molar-refractivity contribution is 7.89. The average Bonchev–Trinajstić information content (AvgIpc) is 2.34. The molecule has 1 aliphatic heterocycles. The molecule has 1 aromatic carbocycles. The number of amides is 2. The van der Waals surface area contributed by atoms with Crippen molar-refractivity contribution < 1.29 is 18.0 Å². The van der Waals surface area contributed by atoms with Crippen molar-refractivity contribution in [2.45, 2.75) is 24.3 Å². The number of carbonyl (C=O) groups excluding carboxylic acids is 2. The first-order chi connectivity index (χ1) is 9.15. The van der Waals surface area contributed by atoms with Gasteiger partial charge in [-0.1, -0.05) is 11.6 Å². The van der Waals surface area contributed by atoms with Crippen LogP contribution in [-0.4, -0.2) is 36.6 Å². The molecule has 2 rings (SSSR count). The summed E-state index contributed by atoms with van der Waals surface area (Å²) < 4.78 is 26.0. The Balaban J connectivity index is 2.49. The van der Waals surface area contributed by atoms with Gasteiger partial charge in [0.1, 0.15) is 5.54 Å². The summed E-state index contributed by atoms with van der Waals surface area (Å²) in [5.74, 6) is -1.29. The standard InChI is InChI=1S/C12H13ClN2O4S/c1-12(2)11(17)14-10(16)7-15(12)20(18,19)9-5-3-8(13)4-6-9/h3-6H,7H2,1-2H3,(H,14,16,17). The quantitative estimate of drug-likeness (QED) is 0.817. The number of imide groups is 1. The molecule has 0 saturated carbocycles. The summed E-state index contributed by atoms with van der Waals surface area (Å²) in [6, 6.07) is 5.55. The smallest absolute Gasteiger partial charge is 0.247 e. The third-order valence-corrected chi connectivity index (χ3v) is 5.41. The Kier molecular flexibility index (Phi) is 3.62. The average molecular weight is 317 g/mol. The van der Waals surface area contributed by atoms with Crippen LogP contribution in [0.2, 0.25) is 5.02 Å². The van der Waals surface area contributed by atoms with Crippen LogP contribution in [0.3, 0.4) is 0 Å². The molecule has 0 atom stereocenters. The molecule has 0 spiro atoms. The largest absolute Gasteiger partial charge is 0.294 e. The Morgan fingerprint density at radius 1 is 1.20 bits per heavy atom. The predicted molar refractivity (Wildman–Crippen MR) is 72.6 cm³/mol. The third-order valence-electron chi connectivity index (χ3n) is 3.12. The first kappa shape index (κ1) is 15.0. The first-order valence-electron chi connectivity index (χ1n) is 5.78. The number of nitrogens with one attached hydrogen (secondary N) is 1. The van der Waals surface area contributed by atoms with Crippen LogP contribution in [0.15, 0.2) is 29.2 Å². The summed E-state index contributed by atoms with van der Waals surface area (Å²) in [7, 11) is -3.96.